The van der Waals surface area contributed by atoms with Crippen LogP contribution >= 0.6 is 0 Å². The molecule has 1 aliphatic rings. The van der Waals surface area contributed by atoms with Crippen molar-refractivity contribution in [2.24, 2.45) is 0 Å². The van der Waals surface area contributed by atoms with Crippen LogP contribution < -0.4 is 15.0 Å². The number of ketones is 1. The van der Waals surface area contributed by atoms with E-state index in [4.69, 9.17) is 4.74 Å². The van der Waals surface area contributed by atoms with Gasteiger partial charge in [-0.3, -0.25) is 24.3 Å². The predicted octanol–water partition coefficient (Wildman–Crippen LogP) is 3.67. The van der Waals surface area contributed by atoms with Crippen LogP contribution in [0.3, 0.4) is 0 Å². The standard InChI is InChI=1S/C25H21N3O5/c1-15(29)27-18-7-9-19(10-8-18)28-22(17-4-3-13-26-14-17)21(24(31)25(28)32)23(30)16-5-11-20(33-2)12-6-16/h3-14,22,30H,1-2H3,(H,27,29)/b23-21-. The summed E-state index contributed by atoms with van der Waals surface area (Å²) in [6.45, 7) is 1.40. The molecule has 1 aromatic heterocycles. The molecule has 2 N–H and O–H groups in total. The molecule has 0 radical (unpaired) electrons. The Morgan fingerprint density at radius 3 is 2.33 bits per heavy atom. The molecule has 3 aromatic rings. The number of hydrogen-bond donors (Lipinski definition) is 2. The summed E-state index contributed by atoms with van der Waals surface area (Å²) < 4.78 is 5.15. The van der Waals surface area contributed by atoms with Crippen LogP contribution in [0.25, 0.3) is 5.76 Å². The van der Waals surface area contributed by atoms with Crippen molar-refractivity contribution in [2.75, 3.05) is 17.3 Å². The Morgan fingerprint density at radius 2 is 1.76 bits per heavy atom. The summed E-state index contributed by atoms with van der Waals surface area (Å²) in [7, 11) is 1.53. The van der Waals surface area contributed by atoms with Gasteiger partial charge in [-0.2, -0.15) is 0 Å². The van der Waals surface area contributed by atoms with Crippen LogP contribution in [0, 0.1) is 0 Å². The quantitative estimate of drug-likeness (QED) is 0.354. The summed E-state index contributed by atoms with van der Waals surface area (Å²) in [6, 6.07) is 15.6. The van der Waals surface area contributed by atoms with Gasteiger partial charge in [0.05, 0.1) is 18.7 Å². The molecule has 1 atom stereocenters. The summed E-state index contributed by atoms with van der Waals surface area (Å²) in [4.78, 5) is 43.0. The second-order valence-corrected chi connectivity index (χ2v) is 7.41. The van der Waals surface area contributed by atoms with Gasteiger partial charge in [0, 0.05) is 36.3 Å². The molecule has 8 heteroatoms. The molecule has 33 heavy (non-hydrogen) atoms. The SMILES string of the molecule is COc1ccc(/C(O)=C2/C(=O)C(=O)N(c3ccc(NC(C)=O)cc3)C2c2cccnc2)cc1. The van der Waals surface area contributed by atoms with Gasteiger partial charge in [-0.05, 0) is 60.2 Å². The fourth-order valence-corrected chi connectivity index (χ4v) is 3.76. The smallest absolute Gasteiger partial charge is 0.300 e. The lowest BCUT2D eigenvalue weighted by atomic mass is 9.96. The van der Waals surface area contributed by atoms with Crippen LogP contribution in [0.2, 0.25) is 0 Å². The number of carbonyl (C=O) groups excluding carboxylic acids is 3. The third-order valence-corrected chi connectivity index (χ3v) is 5.27. The normalized spacial score (nSPS) is 17.2. The largest absolute Gasteiger partial charge is 0.507 e. The number of pyridine rings is 1. The highest BCUT2D eigenvalue weighted by atomic mass is 16.5. The van der Waals surface area contributed by atoms with E-state index in [1.165, 1.54) is 18.9 Å². The van der Waals surface area contributed by atoms with Crippen LogP contribution in [-0.2, 0) is 14.4 Å². The average Bonchev–Trinajstić information content (AvgIpc) is 3.10. The van der Waals surface area contributed by atoms with Crippen LogP contribution in [0.1, 0.15) is 24.1 Å². The Balaban J connectivity index is 1.84. The number of benzene rings is 2. The van der Waals surface area contributed by atoms with E-state index in [2.05, 4.69) is 10.3 Å². The van der Waals surface area contributed by atoms with Gasteiger partial charge in [0.25, 0.3) is 11.7 Å². The minimum Gasteiger partial charge on any atom is -0.507 e. The van der Waals surface area contributed by atoms with Crippen LogP contribution in [0.4, 0.5) is 11.4 Å². The maximum Gasteiger partial charge on any atom is 0.300 e. The summed E-state index contributed by atoms with van der Waals surface area (Å²) in [6.07, 6.45) is 3.14. The molecule has 2 heterocycles. The van der Waals surface area contributed by atoms with Crippen molar-refractivity contribution in [3.8, 4) is 5.75 Å². The van der Waals surface area contributed by atoms with Gasteiger partial charge in [-0.25, -0.2) is 0 Å². The minimum atomic E-state index is -0.882. The average molecular weight is 443 g/mol. The number of methoxy groups -OCH3 is 1. The molecule has 1 fully saturated rings. The first-order valence-electron chi connectivity index (χ1n) is 10.1. The number of hydrogen-bond acceptors (Lipinski definition) is 6. The van der Waals surface area contributed by atoms with E-state index < -0.39 is 17.7 Å². The maximum absolute atomic E-state index is 13.1. The predicted molar refractivity (Wildman–Crippen MR) is 123 cm³/mol. The zero-order valence-corrected chi connectivity index (χ0v) is 18.0. The van der Waals surface area contributed by atoms with Gasteiger partial charge >= 0.3 is 0 Å². The van der Waals surface area contributed by atoms with Gasteiger partial charge < -0.3 is 15.2 Å². The van der Waals surface area contributed by atoms with Gasteiger partial charge in [0.15, 0.2) is 0 Å². The lowest BCUT2D eigenvalue weighted by molar-refractivity contribution is -0.132. The monoisotopic (exact) mass is 443 g/mol. The number of Topliss-reactive ketones (excluding diaryl/α,β-unsaturated/α-hetero) is 1. The summed E-state index contributed by atoms with van der Waals surface area (Å²) in [5.74, 6) is -1.50. The third-order valence-electron chi connectivity index (χ3n) is 5.27. The van der Waals surface area contributed by atoms with Crippen molar-refractivity contribution in [3.63, 3.8) is 0 Å². The fraction of sp³-hybridized carbons (Fsp3) is 0.120. The molecule has 8 nitrogen and oxygen atoms in total. The second kappa shape index (κ2) is 8.96. The van der Waals surface area contributed by atoms with Gasteiger partial charge in [0.1, 0.15) is 11.5 Å². The minimum absolute atomic E-state index is 0.0379. The highest BCUT2D eigenvalue weighted by Crippen LogP contribution is 2.42. The van der Waals surface area contributed by atoms with Crippen molar-refractivity contribution < 1.29 is 24.2 Å². The van der Waals surface area contributed by atoms with Gasteiger partial charge in [0.2, 0.25) is 5.91 Å². The molecule has 0 bridgehead atoms. The van der Waals surface area contributed by atoms with E-state index in [1.54, 1.807) is 73.1 Å². The van der Waals surface area contributed by atoms with E-state index in [9.17, 15) is 19.5 Å². The number of rotatable bonds is 5. The lowest BCUT2D eigenvalue weighted by Gasteiger charge is -2.25. The highest BCUT2D eigenvalue weighted by Gasteiger charge is 2.47. The van der Waals surface area contributed by atoms with E-state index in [0.717, 1.165) is 0 Å². The zero-order chi connectivity index (χ0) is 23.5. The Labute approximate surface area is 190 Å². The third kappa shape index (κ3) is 4.18. The van der Waals surface area contributed by atoms with Crippen molar-refractivity contribution in [1.29, 1.82) is 0 Å². The van der Waals surface area contributed by atoms with Crippen LogP contribution in [0.5, 0.6) is 5.75 Å². The Bertz CT molecular complexity index is 1240. The number of aliphatic hydroxyl groups excluding tert-OH is 1. The Morgan fingerprint density at radius 1 is 1.06 bits per heavy atom. The first-order valence-corrected chi connectivity index (χ1v) is 10.1. The molecule has 1 saturated heterocycles. The van der Waals surface area contributed by atoms with Gasteiger partial charge in [-0.1, -0.05) is 6.07 Å². The molecule has 2 aromatic carbocycles. The Kier molecular flexibility index (Phi) is 5.91. The molecular weight excluding hydrogens is 422 g/mol. The number of nitrogens with zero attached hydrogens (tertiary/aromatic N) is 2. The van der Waals surface area contributed by atoms with Crippen molar-refractivity contribution in [1.82, 2.24) is 4.98 Å². The molecule has 0 spiro atoms. The van der Waals surface area contributed by atoms with E-state index in [1.807, 2.05) is 0 Å². The molecule has 0 saturated carbocycles. The molecule has 1 aliphatic heterocycles. The second-order valence-electron chi connectivity index (χ2n) is 7.41. The molecule has 1 unspecified atom stereocenters. The lowest BCUT2D eigenvalue weighted by Crippen LogP contribution is -2.29. The fourth-order valence-electron chi connectivity index (χ4n) is 3.76. The van der Waals surface area contributed by atoms with Crippen LogP contribution in [-0.4, -0.2) is 34.8 Å². The number of carbonyl (C=O) groups is 3. The molecule has 166 valence electrons. The number of ether oxygens (including phenoxy) is 1. The van der Waals surface area contributed by atoms with Crippen molar-refractivity contribution >= 4 is 34.7 Å². The van der Waals surface area contributed by atoms with Crippen molar-refractivity contribution in [2.45, 2.75) is 13.0 Å². The molecule has 4 rings (SSSR count). The van der Waals surface area contributed by atoms with E-state index >= 15 is 0 Å². The van der Waals surface area contributed by atoms with Gasteiger partial charge in [-0.15, -0.1) is 0 Å². The summed E-state index contributed by atoms with van der Waals surface area (Å²) >= 11 is 0. The first kappa shape index (κ1) is 21.8. The maximum atomic E-state index is 13.1. The zero-order valence-electron chi connectivity index (χ0n) is 18.0. The Hall–Kier alpha value is -4.46. The summed E-state index contributed by atoms with van der Waals surface area (Å²) in [5, 5.41) is 13.7. The van der Waals surface area contributed by atoms with E-state index in [-0.39, 0.29) is 17.2 Å². The number of nitrogens with one attached hydrogen (secondary N) is 1. The molecule has 2 amide bonds. The van der Waals surface area contributed by atoms with Crippen molar-refractivity contribution in [3.05, 3.63) is 89.8 Å². The first-order chi connectivity index (χ1) is 15.9. The number of amides is 2. The molecular formula is C25H21N3O5. The molecule has 0 aliphatic carbocycles. The highest BCUT2D eigenvalue weighted by molar-refractivity contribution is 6.51. The topological polar surface area (TPSA) is 109 Å². The summed E-state index contributed by atoms with van der Waals surface area (Å²) in [5.41, 5.74) is 1.90. The van der Waals surface area contributed by atoms with E-state index in [0.29, 0.717) is 28.3 Å². The number of anilines is 2. The number of aromatic nitrogens is 1. The van der Waals surface area contributed by atoms with Crippen LogP contribution in [0.15, 0.2) is 78.6 Å². The number of aliphatic hydroxyl groups is 1.